The van der Waals surface area contributed by atoms with Gasteiger partial charge >= 0.3 is 0 Å². The lowest BCUT2D eigenvalue weighted by Gasteiger charge is -2.30. The minimum atomic E-state index is -2.47. The molecule has 4 rings (SSSR count). The van der Waals surface area contributed by atoms with Crippen LogP contribution in [0.4, 0.5) is 20.3 Å². The van der Waals surface area contributed by atoms with E-state index in [0.717, 1.165) is 47.4 Å². The summed E-state index contributed by atoms with van der Waals surface area (Å²) in [6, 6.07) is 6.83. The molecule has 0 saturated heterocycles. The van der Waals surface area contributed by atoms with Crippen molar-refractivity contribution in [2.24, 2.45) is 7.05 Å². The van der Waals surface area contributed by atoms with Gasteiger partial charge in [0.05, 0.1) is 10.9 Å². The SMILES string of the molecule is Cn1nc(N2CCCc3ccc(C(F)F)cc32)c2cnccc21. The Labute approximate surface area is 132 Å². The van der Waals surface area contributed by atoms with Crippen molar-refractivity contribution in [2.45, 2.75) is 19.3 Å². The molecule has 23 heavy (non-hydrogen) atoms. The number of fused-ring (bicyclic) bond motifs is 2. The van der Waals surface area contributed by atoms with E-state index in [-0.39, 0.29) is 5.56 Å². The Hall–Kier alpha value is -2.50. The summed E-state index contributed by atoms with van der Waals surface area (Å²) in [5, 5.41) is 5.54. The smallest absolute Gasteiger partial charge is 0.263 e. The maximum Gasteiger partial charge on any atom is 0.263 e. The zero-order valence-corrected chi connectivity index (χ0v) is 12.7. The van der Waals surface area contributed by atoms with Crippen LogP contribution in [0.25, 0.3) is 10.9 Å². The van der Waals surface area contributed by atoms with Gasteiger partial charge < -0.3 is 4.90 Å². The van der Waals surface area contributed by atoms with Gasteiger partial charge in [-0.25, -0.2) is 8.78 Å². The van der Waals surface area contributed by atoms with Gasteiger partial charge in [0.2, 0.25) is 0 Å². The van der Waals surface area contributed by atoms with Crippen LogP contribution in [0.5, 0.6) is 0 Å². The van der Waals surface area contributed by atoms with Crippen LogP contribution in [0.15, 0.2) is 36.7 Å². The number of aryl methyl sites for hydroxylation is 2. The number of aromatic nitrogens is 3. The van der Waals surface area contributed by atoms with Gasteiger partial charge in [-0.2, -0.15) is 5.10 Å². The summed E-state index contributed by atoms with van der Waals surface area (Å²) >= 11 is 0. The second-order valence-electron chi connectivity index (χ2n) is 5.78. The first-order valence-electron chi connectivity index (χ1n) is 7.60. The largest absolute Gasteiger partial charge is 0.324 e. The fourth-order valence-electron chi connectivity index (χ4n) is 3.24. The zero-order valence-electron chi connectivity index (χ0n) is 12.7. The molecule has 0 aliphatic carbocycles. The van der Waals surface area contributed by atoms with Crippen molar-refractivity contribution in [3.05, 3.63) is 47.8 Å². The molecule has 0 amide bonds. The Morgan fingerprint density at radius 1 is 1.22 bits per heavy atom. The normalized spacial score (nSPS) is 14.5. The van der Waals surface area contributed by atoms with Gasteiger partial charge in [-0.3, -0.25) is 9.67 Å². The third-order valence-corrected chi connectivity index (χ3v) is 4.37. The van der Waals surface area contributed by atoms with E-state index >= 15 is 0 Å². The summed E-state index contributed by atoms with van der Waals surface area (Å²) in [4.78, 5) is 6.22. The van der Waals surface area contributed by atoms with E-state index in [1.807, 2.05) is 24.1 Å². The van der Waals surface area contributed by atoms with Crippen LogP contribution in [0.1, 0.15) is 24.0 Å². The lowest BCUT2D eigenvalue weighted by atomic mass is 9.99. The zero-order chi connectivity index (χ0) is 16.0. The Morgan fingerprint density at radius 3 is 2.91 bits per heavy atom. The second-order valence-corrected chi connectivity index (χ2v) is 5.78. The molecule has 0 atom stereocenters. The number of pyridine rings is 1. The molecule has 0 unspecified atom stereocenters. The summed E-state index contributed by atoms with van der Waals surface area (Å²) in [6.07, 6.45) is 2.92. The average Bonchev–Trinajstić information content (AvgIpc) is 2.91. The summed E-state index contributed by atoms with van der Waals surface area (Å²) in [5.41, 5.74) is 2.95. The van der Waals surface area contributed by atoms with Crippen molar-refractivity contribution < 1.29 is 8.78 Å². The van der Waals surface area contributed by atoms with Crippen LogP contribution >= 0.6 is 0 Å². The van der Waals surface area contributed by atoms with Crippen LogP contribution in [-0.4, -0.2) is 21.3 Å². The standard InChI is InChI=1S/C17H16F2N4/c1-22-14-6-7-20-10-13(14)17(21-22)23-8-2-3-11-4-5-12(16(18)19)9-15(11)23/h4-7,9-10,16H,2-3,8H2,1H3. The maximum atomic E-state index is 13.1. The predicted molar refractivity (Wildman–Crippen MR) is 85.2 cm³/mol. The molecule has 0 saturated carbocycles. The average molecular weight is 314 g/mol. The van der Waals surface area contributed by atoms with E-state index in [9.17, 15) is 8.78 Å². The molecule has 1 aromatic carbocycles. The number of benzene rings is 1. The van der Waals surface area contributed by atoms with Crippen molar-refractivity contribution in [3.8, 4) is 0 Å². The molecular weight excluding hydrogens is 298 g/mol. The topological polar surface area (TPSA) is 34.0 Å². The van der Waals surface area contributed by atoms with Crippen molar-refractivity contribution in [3.63, 3.8) is 0 Å². The lowest BCUT2D eigenvalue weighted by Crippen LogP contribution is -2.25. The molecule has 0 spiro atoms. The molecule has 1 aliphatic rings. The quantitative estimate of drug-likeness (QED) is 0.717. The van der Waals surface area contributed by atoms with Crippen LogP contribution < -0.4 is 4.90 Å². The summed E-state index contributed by atoms with van der Waals surface area (Å²) in [7, 11) is 1.88. The van der Waals surface area contributed by atoms with Crippen LogP contribution in [0, 0.1) is 0 Å². The number of alkyl halides is 2. The van der Waals surface area contributed by atoms with Crippen LogP contribution in [0.3, 0.4) is 0 Å². The van der Waals surface area contributed by atoms with Gasteiger partial charge in [0.1, 0.15) is 0 Å². The first-order valence-corrected chi connectivity index (χ1v) is 7.60. The summed E-state index contributed by atoms with van der Waals surface area (Å²) < 4.78 is 28.0. The van der Waals surface area contributed by atoms with Crippen molar-refractivity contribution in [2.75, 3.05) is 11.4 Å². The lowest BCUT2D eigenvalue weighted by molar-refractivity contribution is 0.151. The number of nitrogens with zero attached hydrogens (tertiary/aromatic N) is 4. The Kier molecular flexibility index (Phi) is 3.25. The molecule has 118 valence electrons. The molecule has 0 radical (unpaired) electrons. The van der Waals surface area contributed by atoms with Gasteiger partial charge in [0.25, 0.3) is 6.43 Å². The highest BCUT2D eigenvalue weighted by atomic mass is 19.3. The van der Waals surface area contributed by atoms with E-state index < -0.39 is 6.43 Å². The molecule has 3 aromatic rings. The summed E-state index contributed by atoms with van der Waals surface area (Å²) in [5.74, 6) is 0.781. The maximum absolute atomic E-state index is 13.1. The fraction of sp³-hybridized carbons (Fsp3) is 0.294. The minimum Gasteiger partial charge on any atom is -0.324 e. The molecule has 3 heterocycles. The highest BCUT2D eigenvalue weighted by Gasteiger charge is 2.24. The molecular formula is C17H16F2N4. The third-order valence-electron chi connectivity index (χ3n) is 4.37. The van der Waals surface area contributed by atoms with Crippen LogP contribution in [-0.2, 0) is 13.5 Å². The highest BCUT2D eigenvalue weighted by molar-refractivity contribution is 5.92. The number of hydrogen-bond donors (Lipinski definition) is 0. The molecule has 6 heteroatoms. The van der Waals surface area contributed by atoms with E-state index in [0.29, 0.717) is 0 Å². The van der Waals surface area contributed by atoms with Gasteiger partial charge in [-0.1, -0.05) is 12.1 Å². The Bertz CT molecular complexity index is 872. The van der Waals surface area contributed by atoms with E-state index in [1.165, 1.54) is 6.07 Å². The Balaban J connectivity index is 1.89. The highest BCUT2D eigenvalue weighted by Crippen LogP contribution is 2.38. The molecule has 1 aliphatic heterocycles. The molecule has 4 nitrogen and oxygen atoms in total. The third kappa shape index (κ3) is 2.25. The van der Waals surface area contributed by atoms with Crippen molar-refractivity contribution >= 4 is 22.4 Å². The van der Waals surface area contributed by atoms with Crippen molar-refractivity contribution in [1.29, 1.82) is 0 Å². The molecule has 2 aromatic heterocycles. The van der Waals surface area contributed by atoms with E-state index in [4.69, 9.17) is 0 Å². The van der Waals surface area contributed by atoms with Gasteiger partial charge in [0, 0.05) is 37.2 Å². The number of halogens is 2. The molecule has 0 N–H and O–H groups in total. The summed E-state index contributed by atoms with van der Waals surface area (Å²) in [6.45, 7) is 0.765. The van der Waals surface area contributed by atoms with Gasteiger partial charge in [0.15, 0.2) is 5.82 Å². The molecule has 0 fully saturated rings. The minimum absolute atomic E-state index is 0.0500. The van der Waals surface area contributed by atoms with Crippen LogP contribution in [0.2, 0.25) is 0 Å². The van der Waals surface area contributed by atoms with Gasteiger partial charge in [-0.05, 0) is 30.5 Å². The van der Waals surface area contributed by atoms with E-state index in [2.05, 4.69) is 10.1 Å². The Morgan fingerprint density at radius 2 is 2.09 bits per heavy atom. The van der Waals surface area contributed by atoms with Crippen molar-refractivity contribution in [1.82, 2.24) is 14.8 Å². The fourth-order valence-corrected chi connectivity index (χ4v) is 3.24. The number of hydrogen-bond acceptors (Lipinski definition) is 3. The van der Waals surface area contributed by atoms with Gasteiger partial charge in [-0.15, -0.1) is 0 Å². The first kappa shape index (κ1) is 14.1. The monoisotopic (exact) mass is 314 g/mol. The molecule has 0 bridgehead atoms. The van der Waals surface area contributed by atoms with E-state index in [1.54, 1.807) is 23.1 Å². The number of rotatable bonds is 2. The first-order chi connectivity index (χ1) is 11.1. The second kappa shape index (κ2) is 5.30. The predicted octanol–water partition coefficient (Wildman–Crippen LogP) is 3.99. The number of anilines is 2.